The molecule has 0 saturated carbocycles. The highest BCUT2D eigenvalue weighted by atomic mass is 19.4. The minimum absolute atomic E-state index is 0.0580. The molecule has 0 radical (unpaired) electrons. The molecule has 0 bridgehead atoms. The number of hydrogen-bond acceptors (Lipinski definition) is 2. The van der Waals surface area contributed by atoms with Crippen LogP contribution >= 0.6 is 0 Å². The van der Waals surface area contributed by atoms with Crippen LogP contribution in [-0.2, 0) is 13.2 Å². The van der Waals surface area contributed by atoms with E-state index in [4.69, 9.17) is 5.73 Å². The van der Waals surface area contributed by atoms with Gasteiger partial charge in [0, 0.05) is 12.6 Å². The van der Waals surface area contributed by atoms with Crippen molar-refractivity contribution >= 4 is 5.97 Å². The number of aromatic nitrogens is 1. The Morgan fingerprint density at radius 2 is 1.50 bits per heavy atom. The second-order valence-corrected chi connectivity index (χ2v) is 7.83. The number of unbranched alkanes of at least 4 members (excludes halogenated alkanes) is 7. The van der Waals surface area contributed by atoms with E-state index in [1.54, 1.807) is 0 Å². The Kier molecular flexibility index (Phi) is 11.5. The number of carboxylic acids is 1. The number of alkyl halides is 3. The van der Waals surface area contributed by atoms with E-state index in [2.05, 4.69) is 6.92 Å². The van der Waals surface area contributed by atoms with E-state index in [0.717, 1.165) is 25.7 Å². The van der Waals surface area contributed by atoms with Crippen molar-refractivity contribution in [3.05, 3.63) is 47.0 Å². The Hall–Kier alpha value is -2.35. The predicted octanol–water partition coefficient (Wildman–Crippen LogP) is 6.94. The highest BCUT2D eigenvalue weighted by molar-refractivity contribution is 5.96. The van der Waals surface area contributed by atoms with E-state index < -0.39 is 29.4 Å². The smallest absolute Gasteiger partial charge is 0.431 e. The fourth-order valence-corrected chi connectivity index (χ4v) is 3.73. The van der Waals surface area contributed by atoms with Crippen molar-refractivity contribution in [3.8, 4) is 11.1 Å². The summed E-state index contributed by atoms with van der Waals surface area (Å²) in [5.41, 5.74) is 3.84. The molecule has 1 heterocycles. The van der Waals surface area contributed by atoms with Crippen molar-refractivity contribution in [2.24, 2.45) is 12.8 Å². The zero-order valence-electron chi connectivity index (χ0n) is 19.1. The molecule has 0 atom stereocenters. The van der Waals surface area contributed by atoms with E-state index in [9.17, 15) is 27.5 Å². The predicted molar refractivity (Wildman–Crippen MR) is 119 cm³/mol. The first-order valence-electron chi connectivity index (χ1n) is 11.0. The second-order valence-electron chi connectivity index (χ2n) is 7.83. The lowest BCUT2D eigenvalue weighted by Gasteiger charge is -2.09. The van der Waals surface area contributed by atoms with Gasteiger partial charge in [-0.2, -0.15) is 13.2 Å². The molecule has 1 aromatic carbocycles. The van der Waals surface area contributed by atoms with Gasteiger partial charge >= 0.3 is 12.1 Å². The average molecular weight is 459 g/mol. The maximum atomic E-state index is 13.1. The van der Waals surface area contributed by atoms with Gasteiger partial charge in [0.1, 0.15) is 17.2 Å². The van der Waals surface area contributed by atoms with Gasteiger partial charge in [-0.25, -0.2) is 9.18 Å². The molecule has 2 aromatic rings. The van der Waals surface area contributed by atoms with Crippen molar-refractivity contribution in [3.63, 3.8) is 0 Å². The molecule has 0 fully saturated rings. The van der Waals surface area contributed by atoms with Gasteiger partial charge in [-0.3, -0.25) is 0 Å². The third-order valence-corrected chi connectivity index (χ3v) is 5.30. The number of carboxylic acid groups (broad SMARTS) is 1. The summed E-state index contributed by atoms with van der Waals surface area (Å²) in [7, 11) is 1.05. The van der Waals surface area contributed by atoms with Crippen LogP contribution in [0.5, 0.6) is 0 Å². The molecule has 4 nitrogen and oxygen atoms in total. The van der Waals surface area contributed by atoms with Gasteiger partial charge in [0.15, 0.2) is 0 Å². The third kappa shape index (κ3) is 7.97. The normalized spacial score (nSPS) is 11.2. The maximum absolute atomic E-state index is 13.1. The number of nitrogens with zero attached hydrogens (tertiary/aromatic N) is 1. The summed E-state index contributed by atoms with van der Waals surface area (Å²) in [6.07, 6.45) is 6.30. The first-order chi connectivity index (χ1) is 15.1. The van der Waals surface area contributed by atoms with Gasteiger partial charge in [-0.05, 0) is 43.1 Å². The van der Waals surface area contributed by atoms with Gasteiger partial charge in [-0.1, -0.05) is 64.0 Å². The van der Waals surface area contributed by atoms with Gasteiger partial charge in [0.05, 0.1) is 0 Å². The Balaban J connectivity index is 0.000000396. The summed E-state index contributed by atoms with van der Waals surface area (Å²) in [5, 5.41) is 9.20. The number of halogens is 4. The summed E-state index contributed by atoms with van der Waals surface area (Å²) in [4.78, 5) is 11.3. The second kappa shape index (κ2) is 13.3. The molecule has 0 aliphatic rings. The molecule has 2 rings (SSSR count). The summed E-state index contributed by atoms with van der Waals surface area (Å²) in [6.45, 7) is 4.33. The molecule has 0 unspecified atom stereocenters. The van der Waals surface area contributed by atoms with Crippen molar-refractivity contribution in [1.29, 1.82) is 0 Å². The number of aromatic carboxylic acids is 1. The van der Waals surface area contributed by atoms with Crippen LogP contribution in [0.3, 0.4) is 0 Å². The molecular weight excluding hydrogens is 424 g/mol. The molecule has 1 aromatic heterocycles. The number of hydrogen-bond donors (Lipinski definition) is 2. The van der Waals surface area contributed by atoms with Gasteiger partial charge in [0.25, 0.3) is 0 Å². The van der Waals surface area contributed by atoms with E-state index in [0.29, 0.717) is 4.57 Å². The fourth-order valence-electron chi connectivity index (χ4n) is 3.73. The van der Waals surface area contributed by atoms with Crippen LogP contribution in [0.15, 0.2) is 24.3 Å². The standard InChI is InChI=1S/C14H11F4NO2.C10H23N/c1-7-10(8-3-5-9(15)6-4-8)11(13(20)21)19(2)12(7)14(16,17)18;1-2-3-4-5-6-7-8-9-10-11/h3-6H,1-2H3,(H,20,21);2-11H2,1H3. The number of rotatable bonds is 10. The first-order valence-corrected chi connectivity index (χ1v) is 11.0. The van der Waals surface area contributed by atoms with Crippen molar-refractivity contribution < 1.29 is 27.5 Å². The molecule has 8 heteroatoms. The molecule has 180 valence electrons. The topological polar surface area (TPSA) is 68.2 Å². The van der Waals surface area contributed by atoms with Crippen LogP contribution in [-0.4, -0.2) is 22.2 Å². The zero-order chi connectivity index (χ0) is 24.3. The highest BCUT2D eigenvalue weighted by Gasteiger charge is 2.40. The van der Waals surface area contributed by atoms with Gasteiger partial charge in [0.2, 0.25) is 0 Å². The largest absolute Gasteiger partial charge is 0.477 e. The number of nitrogens with two attached hydrogens (primary N) is 1. The van der Waals surface area contributed by atoms with Crippen LogP contribution in [0.1, 0.15) is 80.0 Å². The van der Waals surface area contributed by atoms with Crippen LogP contribution in [0.2, 0.25) is 0 Å². The summed E-state index contributed by atoms with van der Waals surface area (Å²) >= 11 is 0. The van der Waals surface area contributed by atoms with Crippen molar-refractivity contribution in [1.82, 2.24) is 4.57 Å². The monoisotopic (exact) mass is 458 g/mol. The van der Waals surface area contributed by atoms with E-state index >= 15 is 0 Å². The quantitative estimate of drug-likeness (QED) is 0.299. The molecule has 0 saturated heterocycles. The zero-order valence-corrected chi connectivity index (χ0v) is 19.1. The summed E-state index contributed by atoms with van der Waals surface area (Å²) < 4.78 is 52.8. The lowest BCUT2D eigenvalue weighted by Crippen LogP contribution is -2.15. The molecule has 3 N–H and O–H groups in total. The summed E-state index contributed by atoms with van der Waals surface area (Å²) in [5.74, 6) is -2.03. The first kappa shape index (κ1) is 27.7. The van der Waals surface area contributed by atoms with Crippen molar-refractivity contribution in [2.45, 2.75) is 71.4 Å². The van der Waals surface area contributed by atoms with Crippen LogP contribution in [0, 0.1) is 12.7 Å². The molecule has 0 spiro atoms. The third-order valence-electron chi connectivity index (χ3n) is 5.30. The molecule has 32 heavy (non-hydrogen) atoms. The maximum Gasteiger partial charge on any atom is 0.431 e. The molecule has 0 aliphatic carbocycles. The Morgan fingerprint density at radius 3 is 1.94 bits per heavy atom. The lowest BCUT2D eigenvalue weighted by molar-refractivity contribution is -0.143. The SMILES string of the molecule is CCCCCCCCCCN.Cc1c(-c2ccc(F)cc2)c(C(=O)O)n(C)c1C(F)(F)F. The Labute approximate surface area is 187 Å². The average Bonchev–Trinajstić information content (AvgIpc) is 2.99. The fraction of sp³-hybridized carbons (Fsp3) is 0.542. The van der Waals surface area contributed by atoms with Crippen LogP contribution in [0.4, 0.5) is 17.6 Å². The van der Waals surface area contributed by atoms with Crippen molar-refractivity contribution in [2.75, 3.05) is 6.54 Å². The highest BCUT2D eigenvalue weighted by Crippen LogP contribution is 2.40. The molecular formula is C24H34F4N2O2. The van der Waals surface area contributed by atoms with Gasteiger partial charge < -0.3 is 15.4 Å². The van der Waals surface area contributed by atoms with Crippen LogP contribution in [0.25, 0.3) is 11.1 Å². The lowest BCUT2D eigenvalue weighted by atomic mass is 10.0. The van der Waals surface area contributed by atoms with Crippen LogP contribution < -0.4 is 5.73 Å². The minimum atomic E-state index is -4.68. The minimum Gasteiger partial charge on any atom is -0.477 e. The van der Waals surface area contributed by atoms with E-state index in [1.165, 1.54) is 70.4 Å². The summed E-state index contributed by atoms with van der Waals surface area (Å²) in [6, 6.07) is 4.65. The Bertz CT molecular complexity index is 835. The van der Waals surface area contributed by atoms with Gasteiger partial charge in [-0.15, -0.1) is 0 Å². The molecule has 0 amide bonds. The number of carbonyl (C=O) groups is 1. The van der Waals surface area contributed by atoms with E-state index in [-0.39, 0.29) is 16.7 Å². The number of benzene rings is 1. The Morgan fingerprint density at radius 1 is 1.00 bits per heavy atom. The molecule has 0 aliphatic heterocycles. The van der Waals surface area contributed by atoms with E-state index in [1.807, 2.05) is 0 Å².